The summed E-state index contributed by atoms with van der Waals surface area (Å²) in [4.78, 5) is 23.2. The van der Waals surface area contributed by atoms with Gasteiger partial charge in [-0.15, -0.1) is 0 Å². The van der Waals surface area contributed by atoms with E-state index in [1.165, 1.54) is 12.1 Å². The molecule has 0 aliphatic carbocycles. The molecule has 5 aromatic heterocycles. The number of hydrogen-bond acceptors (Lipinski definition) is 7. The standard InChI is InChI=1S/C27H24FN9/c1-37(2)8-7-31-18-10-16(9-17(28)11-18)20-13-30-14-24-19(20)12-23(33-24)27-26-22(35-36-27)4-3-21(34-26)25-15-29-5-6-32-25/h3-6,9-15,31,33H,7-8H2,1-2H3,(H,35,36). The van der Waals surface area contributed by atoms with Gasteiger partial charge in [0.15, 0.2) is 0 Å². The van der Waals surface area contributed by atoms with E-state index in [0.29, 0.717) is 29.1 Å². The van der Waals surface area contributed by atoms with Crippen LogP contribution in [0.3, 0.4) is 0 Å². The molecule has 0 unspecified atom stereocenters. The second kappa shape index (κ2) is 9.40. The van der Waals surface area contributed by atoms with Crippen LogP contribution in [0.4, 0.5) is 10.1 Å². The van der Waals surface area contributed by atoms with Crippen LogP contribution in [0.5, 0.6) is 0 Å². The van der Waals surface area contributed by atoms with Crippen molar-refractivity contribution in [3.63, 3.8) is 0 Å². The number of likely N-dealkylation sites (N-methyl/N-ethyl adjacent to an activating group) is 1. The Kier molecular flexibility index (Phi) is 5.78. The van der Waals surface area contributed by atoms with Crippen molar-refractivity contribution in [2.24, 2.45) is 0 Å². The molecule has 0 radical (unpaired) electrons. The zero-order chi connectivity index (χ0) is 25.4. The largest absolute Gasteiger partial charge is 0.384 e. The van der Waals surface area contributed by atoms with E-state index in [-0.39, 0.29) is 5.82 Å². The van der Waals surface area contributed by atoms with Crippen LogP contribution in [-0.2, 0) is 0 Å². The van der Waals surface area contributed by atoms with Gasteiger partial charge in [0, 0.05) is 48.3 Å². The number of hydrogen-bond donors (Lipinski definition) is 3. The van der Waals surface area contributed by atoms with Gasteiger partial charge in [-0.1, -0.05) is 0 Å². The van der Waals surface area contributed by atoms with E-state index < -0.39 is 0 Å². The van der Waals surface area contributed by atoms with Gasteiger partial charge in [0.05, 0.1) is 34.8 Å². The molecular formula is C27H24FN9. The Morgan fingerprint density at radius 1 is 0.946 bits per heavy atom. The molecule has 10 heteroatoms. The molecule has 1 aromatic carbocycles. The first-order chi connectivity index (χ1) is 18.0. The highest BCUT2D eigenvalue weighted by Crippen LogP contribution is 2.34. The van der Waals surface area contributed by atoms with Gasteiger partial charge in [-0.05, 0) is 56.1 Å². The third-order valence-electron chi connectivity index (χ3n) is 6.13. The molecular weight excluding hydrogens is 469 g/mol. The molecule has 9 nitrogen and oxygen atoms in total. The van der Waals surface area contributed by atoms with Gasteiger partial charge < -0.3 is 15.2 Å². The van der Waals surface area contributed by atoms with Crippen LogP contribution in [0.15, 0.2) is 67.4 Å². The SMILES string of the molecule is CN(C)CCNc1cc(F)cc(-c2cncc3[nH]c(-c4n[nH]c5ccc(-c6cnccn6)nc45)cc23)c1. The molecule has 37 heavy (non-hydrogen) atoms. The smallest absolute Gasteiger partial charge is 0.135 e. The third kappa shape index (κ3) is 4.50. The topological polar surface area (TPSA) is 111 Å². The van der Waals surface area contributed by atoms with E-state index in [1.54, 1.807) is 31.0 Å². The molecule has 0 fully saturated rings. The predicted molar refractivity (Wildman–Crippen MR) is 142 cm³/mol. The molecule has 0 amide bonds. The maximum atomic E-state index is 14.6. The fourth-order valence-corrected chi connectivity index (χ4v) is 4.34. The summed E-state index contributed by atoms with van der Waals surface area (Å²) in [6.45, 7) is 1.55. The van der Waals surface area contributed by atoms with Crippen molar-refractivity contribution >= 4 is 27.6 Å². The summed E-state index contributed by atoms with van der Waals surface area (Å²) in [5.41, 5.74) is 7.46. The van der Waals surface area contributed by atoms with Gasteiger partial charge in [0.2, 0.25) is 0 Å². The number of benzene rings is 1. The molecule has 3 N–H and O–H groups in total. The Morgan fingerprint density at radius 3 is 2.70 bits per heavy atom. The van der Waals surface area contributed by atoms with Gasteiger partial charge >= 0.3 is 0 Å². The highest BCUT2D eigenvalue weighted by Gasteiger charge is 2.16. The van der Waals surface area contributed by atoms with Gasteiger partial charge in [0.25, 0.3) is 0 Å². The van der Waals surface area contributed by atoms with Crippen LogP contribution < -0.4 is 5.32 Å². The normalized spacial score (nSPS) is 11.6. The highest BCUT2D eigenvalue weighted by atomic mass is 19.1. The van der Waals surface area contributed by atoms with Gasteiger partial charge in [0.1, 0.15) is 22.7 Å². The second-order valence-corrected chi connectivity index (χ2v) is 9.05. The van der Waals surface area contributed by atoms with Crippen molar-refractivity contribution in [3.05, 3.63) is 73.2 Å². The molecule has 0 aliphatic heterocycles. The van der Waals surface area contributed by atoms with Crippen LogP contribution in [0.25, 0.3) is 55.8 Å². The Morgan fingerprint density at radius 2 is 1.86 bits per heavy atom. The van der Waals surface area contributed by atoms with Crippen molar-refractivity contribution in [3.8, 4) is 33.9 Å². The van der Waals surface area contributed by atoms with Crippen molar-refractivity contribution < 1.29 is 4.39 Å². The maximum Gasteiger partial charge on any atom is 0.135 e. The number of fused-ring (bicyclic) bond motifs is 2. The second-order valence-electron chi connectivity index (χ2n) is 9.05. The van der Waals surface area contributed by atoms with E-state index >= 15 is 0 Å². The maximum absolute atomic E-state index is 14.6. The van der Waals surface area contributed by atoms with Crippen LogP contribution in [-0.4, -0.2) is 67.2 Å². The van der Waals surface area contributed by atoms with E-state index in [1.807, 2.05) is 38.4 Å². The number of halogens is 1. The van der Waals surface area contributed by atoms with Crippen LogP contribution in [0, 0.1) is 5.82 Å². The Balaban J connectivity index is 1.41. The highest BCUT2D eigenvalue weighted by molar-refractivity contribution is 6.00. The number of aromatic amines is 2. The van der Waals surface area contributed by atoms with Crippen LogP contribution in [0.2, 0.25) is 0 Å². The fourth-order valence-electron chi connectivity index (χ4n) is 4.34. The minimum absolute atomic E-state index is 0.309. The number of nitrogens with zero attached hydrogens (tertiary/aromatic N) is 6. The molecule has 0 bridgehead atoms. The summed E-state index contributed by atoms with van der Waals surface area (Å²) in [7, 11) is 4.01. The van der Waals surface area contributed by atoms with E-state index in [2.05, 4.69) is 40.3 Å². The average Bonchev–Trinajstić information content (AvgIpc) is 3.52. The fraction of sp³-hybridized carbons (Fsp3) is 0.148. The monoisotopic (exact) mass is 493 g/mol. The van der Waals surface area contributed by atoms with E-state index in [9.17, 15) is 4.39 Å². The molecule has 0 atom stereocenters. The number of anilines is 1. The molecule has 0 saturated heterocycles. The van der Waals surface area contributed by atoms with Crippen molar-refractivity contribution in [2.75, 3.05) is 32.5 Å². The zero-order valence-corrected chi connectivity index (χ0v) is 20.3. The third-order valence-corrected chi connectivity index (χ3v) is 6.13. The first-order valence-electron chi connectivity index (χ1n) is 11.8. The van der Waals surface area contributed by atoms with Crippen molar-refractivity contribution in [1.82, 2.24) is 40.0 Å². The van der Waals surface area contributed by atoms with Gasteiger partial charge in [-0.25, -0.2) is 9.37 Å². The number of pyridine rings is 2. The lowest BCUT2D eigenvalue weighted by molar-refractivity contribution is 0.425. The lowest BCUT2D eigenvalue weighted by atomic mass is 10.0. The molecule has 0 aliphatic rings. The molecule has 6 aromatic rings. The van der Waals surface area contributed by atoms with Crippen LogP contribution in [0.1, 0.15) is 0 Å². The Bertz CT molecular complexity index is 1710. The minimum atomic E-state index is -0.309. The van der Waals surface area contributed by atoms with Gasteiger partial charge in [-0.2, -0.15) is 5.10 Å². The van der Waals surface area contributed by atoms with Gasteiger partial charge in [-0.3, -0.25) is 20.1 Å². The van der Waals surface area contributed by atoms with Crippen LogP contribution >= 0.6 is 0 Å². The lowest BCUT2D eigenvalue weighted by Gasteiger charge is -2.13. The number of nitrogens with one attached hydrogen (secondary N) is 3. The summed E-state index contributed by atoms with van der Waals surface area (Å²) in [6, 6.07) is 10.8. The number of H-pyrrole nitrogens is 2. The summed E-state index contributed by atoms with van der Waals surface area (Å²) in [6.07, 6.45) is 8.45. The summed E-state index contributed by atoms with van der Waals surface area (Å²) >= 11 is 0. The van der Waals surface area contributed by atoms with Crippen molar-refractivity contribution in [1.29, 1.82) is 0 Å². The summed E-state index contributed by atoms with van der Waals surface area (Å²) < 4.78 is 14.6. The quantitative estimate of drug-likeness (QED) is 0.295. The molecule has 5 heterocycles. The zero-order valence-electron chi connectivity index (χ0n) is 20.3. The summed E-state index contributed by atoms with van der Waals surface area (Å²) in [5.74, 6) is -0.309. The molecule has 0 saturated carbocycles. The van der Waals surface area contributed by atoms with E-state index in [4.69, 9.17) is 4.98 Å². The predicted octanol–water partition coefficient (Wildman–Crippen LogP) is 4.74. The first-order valence-corrected chi connectivity index (χ1v) is 11.8. The average molecular weight is 494 g/mol. The number of aromatic nitrogens is 7. The molecule has 0 spiro atoms. The lowest BCUT2D eigenvalue weighted by Crippen LogP contribution is -2.20. The molecule has 6 rings (SSSR count). The minimum Gasteiger partial charge on any atom is -0.384 e. The summed E-state index contributed by atoms with van der Waals surface area (Å²) in [5, 5.41) is 11.8. The molecule has 184 valence electrons. The van der Waals surface area contributed by atoms with E-state index in [0.717, 1.165) is 45.5 Å². The first kappa shape index (κ1) is 22.7. The Labute approximate surface area is 211 Å². The number of rotatable bonds is 7. The Hall–Kier alpha value is -4.70. The van der Waals surface area contributed by atoms with Crippen molar-refractivity contribution in [2.45, 2.75) is 0 Å².